The molecule has 2 aromatic carbocycles. The molecule has 0 saturated carbocycles. The lowest BCUT2D eigenvalue weighted by molar-refractivity contribution is -0.152. The maximum Gasteiger partial charge on any atom is 0.328 e. The van der Waals surface area contributed by atoms with Gasteiger partial charge in [0.1, 0.15) is 6.04 Å². The fourth-order valence-corrected chi connectivity index (χ4v) is 3.70. The van der Waals surface area contributed by atoms with Crippen LogP contribution in [-0.2, 0) is 9.59 Å². The first-order valence-corrected chi connectivity index (χ1v) is 9.04. The minimum Gasteiger partial charge on any atom is -0.480 e. The molecule has 3 N–H and O–H groups in total. The van der Waals surface area contributed by atoms with Crippen molar-refractivity contribution in [3.05, 3.63) is 58.6 Å². The molecule has 0 aliphatic carbocycles. The van der Waals surface area contributed by atoms with Crippen molar-refractivity contribution in [1.82, 2.24) is 10.2 Å². The van der Waals surface area contributed by atoms with Crippen LogP contribution in [0, 0.1) is 0 Å². The highest BCUT2D eigenvalue weighted by Gasteiger charge is 2.43. The minimum absolute atomic E-state index is 0.104. The number of halogens is 1. The van der Waals surface area contributed by atoms with Crippen molar-refractivity contribution in [2.75, 3.05) is 13.1 Å². The highest BCUT2D eigenvalue weighted by molar-refractivity contribution is 9.10. The molecule has 0 spiro atoms. The van der Waals surface area contributed by atoms with Gasteiger partial charge in [-0.05, 0) is 39.2 Å². The van der Waals surface area contributed by atoms with Gasteiger partial charge >= 0.3 is 11.9 Å². The molecule has 27 heavy (non-hydrogen) atoms. The average Bonchev–Trinajstić information content (AvgIpc) is 2.67. The summed E-state index contributed by atoms with van der Waals surface area (Å²) in [4.78, 5) is 37.1. The molecule has 1 amide bonds. The Balaban J connectivity index is 1.92. The number of piperazine rings is 1. The number of benzene rings is 2. The predicted molar refractivity (Wildman–Crippen MR) is 101 cm³/mol. The molecule has 3 rings (SSSR count). The molecular formula is C19H17BrN2O5. The van der Waals surface area contributed by atoms with E-state index in [1.54, 1.807) is 18.2 Å². The number of carboxylic acids is 2. The standard InChI is InChI=1S/C19H17BrN2O5/c20-14-10-12(11-4-2-1-3-5-11)6-7-13(14)17(23)22-9-8-21-15(18(24)25)16(22)19(26)27/h1-7,10,15-16,21H,8-9H2,(H,24,25)(H,26,27)/t15-,16+/m0/s1. The van der Waals surface area contributed by atoms with Crippen molar-refractivity contribution in [2.45, 2.75) is 12.1 Å². The Morgan fingerprint density at radius 2 is 1.70 bits per heavy atom. The lowest BCUT2D eigenvalue weighted by atomic mass is 10.0. The van der Waals surface area contributed by atoms with Gasteiger partial charge in [-0.15, -0.1) is 0 Å². The Hall–Kier alpha value is -2.71. The van der Waals surface area contributed by atoms with Gasteiger partial charge in [-0.25, -0.2) is 4.79 Å². The summed E-state index contributed by atoms with van der Waals surface area (Å²) in [6, 6.07) is 12.0. The van der Waals surface area contributed by atoms with Crippen LogP contribution >= 0.6 is 15.9 Å². The topological polar surface area (TPSA) is 107 Å². The monoisotopic (exact) mass is 432 g/mol. The van der Waals surface area contributed by atoms with E-state index in [9.17, 15) is 24.6 Å². The molecule has 1 heterocycles. The summed E-state index contributed by atoms with van der Waals surface area (Å²) < 4.78 is 0.517. The zero-order valence-electron chi connectivity index (χ0n) is 14.1. The van der Waals surface area contributed by atoms with Crippen molar-refractivity contribution >= 4 is 33.8 Å². The number of carboxylic acid groups (broad SMARTS) is 2. The predicted octanol–water partition coefficient (Wildman–Crippen LogP) is 2.07. The summed E-state index contributed by atoms with van der Waals surface area (Å²) in [6.07, 6.45) is 0. The van der Waals surface area contributed by atoms with Gasteiger partial charge in [-0.2, -0.15) is 0 Å². The van der Waals surface area contributed by atoms with Crippen molar-refractivity contribution in [3.63, 3.8) is 0 Å². The second-order valence-electron chi connectivity index (χ2n) is 6.11. The van der Waals surface area contributed by atoms with Gasteiger partial charge < -0.3 is 20.4 Å². The van der Waals surface area contributed by atoms with Crippen molar-refractivity contribution in [1.29, 1.82) is 0 Å². The first kappa shape index (κ1) is 19.1. The second kappa shape index (κ2) is 7.89. The molecule has 2 aromatic rings. The number of carbonyl (C=O) groups excluding carboxylic acids is 1. The Kier molecular flexibility index (Phi) is 5.57. The van der Waals surface area contributed by atoms with E-state index in [1.807, 2.05) is 30.3 Å². The van der Waals surface area contributed by atoms with Crippen LogP contribution in [-0.4, -0.2) is 58.1 Å². The average molecular weight is 433 g/mol. The van der Waals surface area contributed by atoms with E-state index in [4.69, 9.17) is 0 Å². The summed E-state index contributed by atoms with van der Waals surface area (Å²) in [6.45, 7) is 0.304. The van der Waals surface area contributed by atoms with Crippen LogP contribution in [0.25, 0.3) is 11.1 Å². The Morgan fingerprint density at radius 3 is 2.30 bits per heavy atom. The number of nitrogens with one attached hydrogen (secondary N) is 1. The number of carbonyl (C=O) groups is 3. The first-order chi connectivity index (χ1) is 12.9. The lowest BCUT2D eigenvalue weighted by Crippen LogP contribution is -2.65. The quantitative estimate of drug-likeness (QED) is 0.682. The zero-order chi connectivity index (χ0) is 19.6. The van der Waals surface area contributed by atoms with Gasteiger partial charge in [0.2, 0.25) is 0 Å². The molecule has 0 radical (unpaired) electrons. The normalized spacial score (nSPS) is 19.5. The highest BCUT2D eigenvalue weighted by atomic mass is 79.9. The molecule has 1 fully saturated rings. The van der Waals surface area contributed by atoms with Crippen LogP contribution in [0.4, 0.5) is 0 Å². The molecule has 0 bridgehead atoms. The summed E-state index contributed by atoms with van der Waals surface area (Å²) in [5.41, 5.74) is 2.17. The number of aliphatic carboxylic acids is 2. The van der Waals surface area contributed by atoms with E-state index in [0.29, 0.717) is 4.47 Å². The second-order valence-corrected chi connectivity index (χ2v) is 6.97. The first-order valence-electron chi connectivity index (χ1n) is 8.25. The summed E-state index contributed by atoms with van der Waals surface area (Å²) >= 11 is 3.39. The fourth-order valence-electron chi connectivity index (χ4n) is 3.15. The maximum absolute atomic E-state index is 13.0. The van der Waals surface area contributed by atoms with Gasteiger partial charge in [0.05, 0.1) is 5.56 Å². The maximum atomic E-state index is 13.0. The Labute approximate surface area is 163 Å². The smallest absolute Gasteiger partial charge is 0.328 e. The molecular weight excluding hydrogens is 416 g/mol. The van der Waals surface area contributed by atoms with E-state index in [-0.39, 0.29) is 18.7 Å². The third-order valence-corrected chi connectivity index (χ3v) is 5.11. The third-order valence-electron chi connectivity index (χ3n) is 4.46. The van der Waals surface area contributed by atoms with Gasteiger partial charge in [-0.3, -0.25) is 9.59 Å². The number of nitrogens with zero attached hydrogens (tertiary/aromatic N) is 1. The van der Waals surface area contributed by atoms with Crippen molar-refractivity contribution < 1.29 is 24.6 Å². The van der Waals surface area contributed by atoms with Crippen LogP contribution in [0.2, 0.25) is 0 Å². The Morgan fingerprint density at radius 1 is 1.00 bits per heavy atom. The van der Waals surface area contributed by atoms with Crippen LogP contribution in [0.1, 0.15) is 10.4 Å². The fraction of sp³-hybridized carbons (Fsp3) is 0.211. The zero-order valence-corrected chi connectivity index (χ0v) is 15.7. The lowest BCUT2D eigenvalue weighted by Gasteiger charge is -2.37. The van der Waals surface area contributed by atoms with Gasteiger partial charge in [0.15, 0.2) is 6.04 Å². The highest BCUT2D eigenvalue weighted by Crippen LogP contribution is 2.28. The minimum atomic E-state index is -1.48. The van der Waals surface area contributed by atoms with Gasteiger partial charge in [0, 0.05) is 17.6 Å². The van der Waals surface area contributed by atoms with E-state index >= 15 is 0 Å². The molecule has 8 heteroatoms. The number of hydrogen-bond donors (Lipinski definition) is 3. The summed E-state index contributed by atoms with van der Waals surface area (Å²) in [5, 5.41) is 21.4. The third kappa shape index (κ3) is 3.86. The number of hydrogen-bond acceptors (Lipinski definition) is 4. The van der Waals surface area contributed by atoms with Crippen LogP contribution in [0.3, 0.4) is 0 Å². The molecule has 0 unspecified atom stereocenters. The summed E-state index contributed by atoms with van der Waals surface area (Å²) in [5.74, 6) is -3.19. The molecule has 1 saturated heterocycles. The Bertz CT molecular complexity index is 887. The van der Waals surface area contributed by atoms with Gasteiger partial charge in [-0.1, -0.05) is 36.4 Å². The van der Waals surface area contributed by atoms with Gasteiger partial charge in [0.25, 0.3) is 5.91 Å². The molecule has 7 nitrogen and oxygen atoms in total. The SMILES string of the molecule is O=C(O)[C@H]1NCCN(C(=O)c2ccc(-c3ccccc3)cc2Br)[C@H]1C(=O)O. The molecule has 1 aliphatic rings. The molecule has 0 aromatic heterocycles. The van der Waals surface area contributed by atoms with E-state index < -0.39 is 29.9 Å². The number of amides is 1. The van der Waals surface area contributed by atoms with Crippen LogP contribution in [0.5, 0.6) is 0 Å². The number of rotatable bonds is 4. The largest absolute Gasteiger partial charge is 0.480 e. The molecule has 140 valence electrons. The van der Waals surface area contributed by atoms with Crippen molar-refractivity contribution in [2.24, 2.45) is 0 Å². The van der Waals surface area contributed by atoms with E-state index in [2.05, 4.69) is 21.2 Å². The molecule has 1 aliphatic heterocycles. The van der Waals surface area contributed by atoms with Crippen LogP contribution in [0.15, 0.2) is 53.0 Å². The van der Waals surface area contributed by atoms with Crippen molar-refractivity contribution in [3.8, 4) is 11.1 Å². The van der Waals surface area contributed by atoms with E-state index in [0.717, 1.165) is 16.0 Å². The van der Waals surface area contributed by atoms with E-state index in [1.165, 1.54) is 0 Å². The molecule has 2 atom stereocenters. The summed E-state index contributed by atoms with van der Waals surface area (Å²) in [7, 11) is 0. The van der Waals surface area contributed by atoms with Crippen LogP contribution < -0.4 is 5.32 Å².